The van der Waals surface area contributed by atoms with E-state index in [-0.39, 0.29) is 6.10 Å². The van der Waals surface area contributed by atoms with Crippen molar-refractivity contribution in [1.29, 1.82) is 0 Å². The van der Waals surface area contributed by atoms with Gasteiger partial charge in [0.05, 0.1) is 11.7 Å². The molecule has 0 saturated carbocycles. The average molecular weight is 202 g/mol. The maximum atomic E-state index is 9.75. The first-order valence-electron chi connectivity index (χ1n) is 5.83. The van der Waals surface area contributed by atoms with Crippen molar-refractivity contribution < 1.29 is 10.2 Å². The highest BCUT2D eigenvalue weighted by atomic mass is 16.3. The van der Waals surface area contributed by atoms with E-state index in [2.05, 4.69) is 13.8 Å². The lowest BCUT2D eigenvalue weighted by molar-refractivity contribution is 0.0355. The third kappa shape index (κ3) is 5.61. The van der Waals surface area contributed by atoms with Gasteiger partial charge in [-0.05, 0) is 38.5 Å². The summed E-state index contributed by atoms with van der Waals surface area (Å²) in [6.07, 6.45) is 4.11. The van der Waals surface area contributed by atoms with Gasteiger partial charge in [-0.15, -0.1) is 0 Å². The Balaban J connectivity index is 3.63. The van der Waals surface area contributed by atoms with Crippen LogP contribution in [-0.4, -0.2) is 21.9 Å². The second-order valence-electron chi connectivity index (χ2n) is 4.70. The van der Waals surface area contributed by atoms with Gasteiger partial charge in [0.2, 0.25) is 0 Å². The van der Waals surface area contributed by atoms with Crippen LogP contribution in [-0.2, 0) is 0 Å². The summed E-state index contributed by atoms with van der Waals surface area (Å²) in [6.45, 7) is 8.02. The summed E-state index contributed by atoms with van der Waals surface area (Å²) in [6, 6.07) is 0. The normalized spacial score (nSPS) is 20.1. The van der Waals surface area contributed by atoms with E-state index in [1.54, 1.807) is 0 Å². The zero-order chi connectivity index (χ0) is 11.2. The molecule has 0 bridgehead atoms. The lowest BCUT2D eigenvalue weighted by Gasteiger charge is -2.23. The van der Waals surface area contributed by atoms with Gasteiger partial charge in [-0.1, -0.05) is 27.2 Å². The Hall–Kier alpha value is -0.0800. The van der Waals surface area contributed by atoms with Crippen molar-refractivity contribution >= 4 is 0 Å². The van der Waals surface area contributed by atoms with Crippen LogP contribution in [0.1, 0.15) is 59.8 Å². The SMILES string of the molecule is CCC(C)C(O)CCCC(C)(O)CC. The number of aliphatic hydroxyl groups is 2. The Kier molecular flexibility index (Phi) is 6.38. The van der Waals surface area contributed by atoms with Crippen LogP contribution in [0.25, 0.3) is 0 Å². The second-order valence-corrected chi connectivity index (χ2v) is 4.70. The lowest BCUT2D eigenvalue weighted by Crippen LogP contribution is -2.24. The van der Waals surface area contributed by atoms with E-state index >= 15 is 0 Å². The standard InChI is InChI=1S/C12H26O2/c1-5-10(3)11(13)8-7-9-12(4,14)6-2/h10-11,13-14H,5-9H2,1-4H3. The molecule has 3 atom stereocenters. The second kappa shape index (κ2) is 6.41. The van der Waals surface area contributed by atoms with E-state index in [1.165, 1.54) is 0 Å². The van der Waals surface area contributed by atoms with Crippen LogP contribution in [0.3, 0.4) is 0 Å². The minimum Gasteiger partial charge on any atom is -0.393 e. The molecule has 0 aromatic rings. The molecule has 0 aliphatic rings. The Morgan fingerprint density at radius 3 is 2.29 bits per heavy atom. The molecule has 14 heavy (non-hydrogen) atoms. The fourth-order valence-electron chi connectivity index (χ4n) is 1.43. The molecule has 0 fully saturated rings. The molecule has 0 saturated heterocycles. The van der Waals surface area contributed by atoms with Crippen molar-refractivity contribution in [3.8, 4) is 0 Å². The number of aliphatic hydroxyl groups excluding tert-OH is 1. The molecule has 0 amide bonds. The highest BCUT2D eigenvalue weighted by molar-refractivity contribution is 4.72. The van der Waals surface area contributed by atoms with Crippen molar-refractivity contribution in [3.05, 3.63) is 0 Å². The van der Waals surface area contributed by atoms with Gasteiger partial charge in [0.25, 0.3) is 0 Å². The van der Waals surface area contributed by atoms with Crippen LogP contribution in [0.2, 0.25) is 0 Å². The molecule has 0 aliphatic carbocycles. The summed E-state index contributed by atoms with van der Waals surface area (Å²) in [7, 11) is 0. The summed E-state index contributed by atoms with van der Waals surface area (Å²) in [5, 5.41) is 19.5. The number of hydrogen-bond donors (Lipinski definition) is 2. The van der Waals surface area contributed by atoms with Gasteiger partial charge in [-0.3, -0.25) is 0 Å². The molecule has 0 aliphatic heterocycles. The first kappa shape index (κ1) is 13.9. The Morgan fingerprint density at radius 1 is 1.29 bits per heavy atom. The maximum Gasteiger partial charge on any atom is 0.0617 e. The molecule has 0 aromatic heterocycles. The number of hydrogen-bond acceptors (Lipinski definition) is 2. The van der Waals surface area contributed by atoms with Gasteiger partial charge in [0.15, 0.2) is 0 Å². The zero-order valence-electron chi connectivity index (χ0n) is 10.1. The largest absolute Gasteiger partial charge is 0.393 e. The minimum absolute atomic E-state index is 0.201. The molecular weight excluding hydrogens is 176 g/mol. The average Bonchev–Trinajstić information content (AvgIpc) is 2.16. The fraction of sp³-hybridized carbons (Fsp3) is 1.00. The molecule has 0 spiro atoms. The van der Waals surface area contributed by atoms with Crippen LogP contribution >= 0.6 is 0 Å². The lowest BCUT2D eigenvalue weighted by atomic mass is 9.92. The monoisotopic (exact) mass is 202 g/mol. The zero-order valence-corrected chi connectivity index (χ0v) is 10.1. The van der Waals surface area contributed by atoms with Gasteiger partial charge >= 0.3 is 0 Å². The fourth-order valence-corrected chi connectivity index (χ4v) is 1.43. The molecule has 86 valence electrons. The molecule has 0 radical (unpaired) electrons. The van der Waals surface area contributed by atoms with Crippen LogP contribution in [0.4, 0.5) is 0 Å². The predicted molar refractivity (Wildman–Crippen MR) is 60.2 cm³/mol. The first-order chi connectivity index (χ1) is 6.43. The minimum atomic E-state index is -0.546. The van der Waals surface area contributed by atoms with Crippen LogP contribution in [0, 0.1) is 5.92 Å². The molecular formula is C12H26O2. The number of rotatable bonds is 7. The van der Waals surface area contributed by atoms with E-state index in [0.29, 0.717) is 5.92 Å². The van der Waals surface area contributed by atoms with Crippen molar-refractivity contribution in [1.82, 2.24) is 0 Å². The van der Waals surface area contributed by atoms with Crippen molar-refractivity contribution in [2.24, 2.45) is 5.92 Å². The summed E-state index contributed by atoms with van der Waals surface area (Å²) < 4.78 is 0. The Bertz CT molecular complexity index is 143. The van der Waals surface area contributed by atoms with Gasteiger partial charge in [-0.25, -0.2) is 0 Å². The van der Waals surface area contributed by atoms with Gasteiger partial charge in [-0.2, -0.15) is 0 Å². The van der Waals surface area contributed by atoms with Crippen LogP contribution in [0.15, 0.2) is 0 Å². The van der Waals surface area contributed by atoms with Gasteiger partial charge < -0.3 is 10.2 Å². The molecule has 0 heterocycles. The smallest absolute Gasteiger partial charge is 0.0617 e. The van der Waals surface area contributed by atoms with Crippen molar-refractivity contribution in [3.63, 3.8) is 0 Å². The highest BCUT2D eigenvalue weighted by Crippen LogP contribution is 2.20. The van der Waals surface area contributed by atoms with Crippen LogP contribution in [0.5, 0.6) is 0 Å². The third-order valence-corrected chi connectivity index (χ3v) is 3.28. The molecule has 3 unspecified atom stereocenters. The van der Waals surface area contributed by atoms with E-state index in [4.69, 9.17) is 0 Å². The van der Waals surface area contributed by atoms with Crippen molar-refractivity contribution in [2.75, 3.05) is 0 Å². The third-order valence-electron chi connectivity index (χ3n) is 3.28. The molecule has 0 rings (SSSR count). The summed E-state index contributed by atoms with van der Waals surface area (Å²) >= 11 is 0. The summed E-state index contributed by atoms with van der Waals surface area (Å²) in [4.78, 5) is 0. The molecule has 2 heteroatoms. The molecule has 2 nitrogen and oxygen atoms in total. The quantitative estimate of drug-likeness (QED) is 0.666. The van der Waals surface area contributed by atoms with E-state index in [1.807, 2.05) is 13.8 Å². The molecule has 0 aromatic carbocycles. The topological polar surface area (TPSA) is 40.5 Å². The highest BCUT2D eigenvalue weighted by Gasteiger charge is 2.18. The van der Waals surface area contributed by atoms with E-state index < -0.39 is 5.60 Å². The van der Waals surface area contributed by atoms with E-state index in [9.17, 15) is 10.2 Å². The first-order valence-corrected chi connectivity index (χ1v) is 5.83. The van der Waals surface area contributed by atoms with Crippen LogP contribution < -0.4 is 0 Å². The van der Waals surface area contributed by atoms with Gasteiger partial charge in [0, 0.05) is 0 Å². The summed E-state index contributed by atoms with van der Waals surface area (Å²) in [5.74, 6) is 0.376. The van der Waals surface area contributed by atoms with Gasteiger partial charge in [0.1, 0.15) is 0 Å². The Labute approximate surface area is 88.3 Å². The molecule has 2 N–H and O–H groups in total. The predicted octanol–water partition coefficient (Wildman–Crippen LogP) is 2.72. The maximum absolute atomic E-state index is 9.75. The Morgan fingerprint density at radius 2 is 1.86 bits per heavy atom. The van der Waals surface area contributed by atoms with E-state index in [0.717, 1.165) is 32.1 Å². The summed E-state index contributed by atoms with van der Waals surface area (Å²) in [5.41, 5.74) is -0.546. The van der Waals surface area contributed by atoms with Crippen molar-refractivity contribution in [2.45, 2.75) is 71.5 Å².